The average Bonchev–Trinajstić information content (AvgIpc) is 2.31. The van der Waals surface area contributed by atoms with Crippen molar-refractivity contribution in [1.29, 1.82) is 0 Å². The van der Waals surface area contributed by atoms with Crippen LogP contribution in [0.1, 0.15) is 26.2 Å². The largest absolute Gasteiger partial charge is 0.468 e. The standard InChI is InChI=1S/C11H21NO2S/c1-3-10(11(13)14-2)12-8-9-4-6-15-7-5-9/h9-10,12H,3-8H2,1-2H3. The molecule has 0 aromatic rings. The minimum atomic E-state index is -0.136. The lowest BCUT2D eigenvalue weighted by molar-refractivity contribution is -0.143. The number of rotatable bonds is 5. The maximum Gasteiger partial charge on any atom is 0.322 e. The van der Waals surface area contributed by atoms with Crippen molar-refractivity contribution in [3.8, 4) is 0 Å². The lowest BCUT2D eigenvalue weighted by atomic mass is 10.0. The highest BCUT2D eigenvalue weighted by molar-refractivity contribution is 7.99. The summed E-state index contributed by atoms with van der Waals surface area (Å²) < 4.78 is 4.74. The van der Waals surface area contributed by atoms with Gasteiger partial charge in [0.05, 0.1) is 7.11 Å². The van der Waals surface area contributed by atoms with Crippen LogP contribution in [0.2, 0.25) is 0 Å². The van der Waals surface area contributed by atoms with Gasteiger partial charge in [0.15, 0.2) is 0 Å². The molecule has 0 aromatic heterocycles. The van der Waals surface area contributed by atoms with Crippen molar-refractivity contribution in [2.75, 3.05) is 25.2 Å². The zero-order valence-corrected chi connectivity index (χ0v) is 10.4. The van der Waals surface area contributed by atoms with E-state index in [1.54, 1.807) is 0 Å². The number of esters is 1. The first-order valence-electron chi connectivity index (χ1n) is 5.66. The van der Waals surface area contributed by atoms with Crippen LogP contribution in [0.25, 0.3) is 0 Å². The molecule has 0 aliphatic carbocycles. The van der Waals surface area contributed by atoms with Crippen molar-refractivity contribution in [2.45, 2.75) is 32.2 Å². The van der Waals surface area contributed by atoms with E-state index in [1.807, 2.05) is 18.7 Å². The fourth-order valence-electron chi connectivity index (χ4n) is 1.80. The van der Waals surface area contributed by atoms with Crippen molar-refractivity contribution >= 4 is 17.7 Å². The summed E-state index contributed by atoms with van der Waals surface area (Å²) in [6.45, 7) is 2.96. The summed E-state index contributed by atoms with van der Waals surface area (Å²) >= 11 is 2.03. The van der Waals surface area contributed by atoms with Gasteiger partial charge in [-0.25, -0.2) is 0 Å². The summed E-state index contributed by atoms with van der Waals surface area (Å²) in [5, 5.41) is 3.31. The summed E-state index contributed by atoms with van der Waals surface area (Å²) in [5.74, 6) is 3.13. The lowest BCUT2D eigenvalue weighted by Crippen LogP contribution is -2.40. The average molecular weight is 231 g/mol. The van der Waals surface area contributed by atoms with E-state index in [0.29, 0.717) is 0 Å². The molecule has 0 spiro atoms. The molecule has 4 heteroatoms. The third kappa shape index (κ3) is 4.43. The van der Waals surface area contributed by atoms with Crippen LogP contribution in [-0.2, 0) is 9.53 Å². The third-order valence-corrected chi connectivity index (χ3v) is 3.94. The second-order valence-electron chi connectivity index (χ2n) is 3.95. The molecule has 0 saturated carbocycles. The molecule has 1 N–H and O–H groups in total. The molecule has 0 aromatic carbocycles. The molecule has 0 bridgehead atoms. The summed E-state index contributed by atoms with van der Waals surface area (Å²) in [5.41, 5.74) is 0. The van der Waals surface area contributed by atoms with E-state index >= 15 is 0 Å². The normalized spacial score (nSPS) is 19.9. The van der Waals surface area contributed by atoms with E-state index in [2.05, 4.69) is 5.32 Å². The minimum Gasteiger partial charge on any atom is -0.468 e. The van der Waals surface area contributed by atoms with Crippen molar-refractivity contribution in [3.05, 3.63) is 0 Å². The molecule has 1 aliphatic rings. The van der Waals surface area contributed by atoms with Crippen LogP contribution in [0, 0.1) is 5.92 Å². The Hall–Kier alpha value is -0.220. The zero-order valence-electron chi connectivity index (χ0n) is 9.62. The van der Waals surface area contributed by atoms with Crippen LogP contribution in [0.3, 0.4) is 0 Å². The fraction of sp³-hybridized carbons (Fsp3) is 0.909. The van der Waals surface area contributed by atoms with E-state index in [-0.39, 0.29) is 12.0 Å². The zero-order chi connectivity index (χ0) is 11.1. The van der Waals surface area contributed by atoms with Crippen LogP contribution in [0.15, 0.2) is 0 Å². The molecule has 1 atom stereocenters. The first kappa shape index (κ1) is 12.8. The molecule has 1 aliphatic heterocycles. The van der Waals surface area contributed by atoms with E-state index in [4.69, 9.17) is 4.74 Å². The monoisotopic (exact) mass is 231 g/mol. The van der Waals surface area contributed by atoms with Crippen LogP contribution in [-0.4, -0.2) is 37.2 Å². The molecule has 0 amide bonds. The number of carbonyl (C=O) groups is 1. The first-order chi connectivity index (χ1) is 7.27. The van der Waals surface area contributed by atoms with Crippen molar-refractivity contribution in [1.82, 2.24) is 5.32 Å². The van der Waals surface area contributed by atoms with Crippen LogP contribution >= 0.6 is 11.8 Å². The quantitative estimate of drug-likeness (QED) is 0.731. The number of ether oxygens (including phenoxy) is 1. The Bertz CT molecular complexity index is 193. The van der Waals surface area contributed by atoms with Gasteiger partial charge in [0.1, 0.15) is 6.04 Å². The Morgan fingerprint density at radius 2 is 2.20 bits per heavy atom. The summed E-state index contributed by atoms with van der Waals surface area (Å²) in [7, 11) is 1.45. The predicted molar refractivity (Wildman–Crippen MR) is 64.1 cm³/mol. The number of nitrogens with one attached hydrogen (secondary N) is 1. The molecule has 0 radical (unpaired) electrons. The van der Waals surface area contributed by atoms with Crippen molar-refractivity contribution < 1.29 is 9.53 Å². The van der Waals surface area contributed by atoms with E-state index in [1.165, 1.54) is 31.5 Å². The number of carbonyl (C=O) groups excluding carboxylic acids is 1. The number of hydrogen-bond donors (Lipinski definition) is 1. The lowest BCUT2D eigenvalue weighted by Gasteiger charge is -2.23. The molecule has 1 heterocycles. The Morgan fingerprint density at radius 1 is 1.53 bits per heavy atom. The molecule has 15 heavy (non-hydrogen) atoms. The molecule has 1 unspecified atom stereocenters. The van der Waals surface area contributed by atoms with Crippen LogP contribution in [0.4, 0.5) is 0 Å². The molecular formula is C11H21NO2S. The second kappa shape index (κ2) is 7.12. The Balaban J connectivity index is 2.23. The van der Waals surface area contributed by atoms with Gasteiger partial charge in [0, 0.05) is 0 Å². The SMILES string of the molecule is CCC(NCC1CCSCC1)C(=O)OC. The van der Waals surface area contributed by atoms with Gasteiger partial charge in [-0.2, -0.15) is 11.8 Å². The van der Waals surface area contributed by atoms with Gasteiger partial charge in [-0.15, -0.1) is 0 Å². The molecule has 3 nitrogen and oxygen atoms in total. The van der Waals surface area contributed by atoms with Crippen LogP contribution in [0.5, 0.6) is 0 Å². The maximum atomic E-state index is 11.3. The Kier molecular flexibility index (Phi) is 6.10. The van der Waals surface area contributed by atoms with Crippen LogP contribution < -0.4 is 5.32 Å². The minimum absolute atomic E-state index is 0.121. The molecular weight excluding hydrogens is 210 g/mol. The van der Waals surface area contributed by atoms with Gasteiger partial charge in [-0.1, -0.05) is 6.92 Å². The smallest absolute Gasteiger partial charge is 0.322 e. The highest BCUT2D eigenvalue weighted by atomic mass is 32.2. The molecule has 1 rings (SSSR count). The number of methoxy groups -OCH3 is 1. The van der Waals surface area contributed by atoms with E-state index in [9.17, 15) is 4.79 Å². The van der Waals surface area contributed by atoms with E-state index < -0.39 is 0 Å². The van der Waals surface area contributed by atoms with E-state index in [0.717, 1.165) is 18.9 Å². The van der Waals surface area contributed by atoms with Gasteiger partial charge >= 0.3 is 5.97 Å². The number of hydrogen-bond acceptors (Lipinski definition) is 4. The van der Waals surface area contributed by atoms with Gasteiger partial charge in [-0.05, 0) is 43.2 Å². The Labute approximate surface area is 96.3 Å². The summed E-state index contributed by atoms with van der Waals surface area (Å²) in [6.07, 6.45) is 3.35. The maximum absolute atomic E-state index is 11.3. The highest BCUT2D eigenvalue weighted by Crippen LogP contribution is 2.22. The molecule has 1 fully saturated rings. The fourth-order valence-corrected chi connectivity index (χ4v) is 3.00. The van der Waals surface area contributed by atoms with Gasteiger partial charge < -0.3 is 10.1 Å². The van der Waals surface area contributed by atoms with Gasteiger partial charge in [0.2, 0.25) is 0 Å². The third-order valence-electron chi connectivity index (χ3n) is 2.89. The number of thioether (sulfide) groups is 1. The van der Waals surface area contributed by atoms with Crippen molar-refractivity contribution in [3.63, 3.8) is 0 Å². The molecule has 88 valence electrons. The summed E-state index contributed by atoms with van der Waals surface area (Å²) in [6, 6.07) is -0.121. The summed E-state index contributed by atoms with van der Waals surface area (Å²) in [4.78, 5) is 11.3. The molecule has 1 saturated heterocycles. The van der Waals surface area contributed by atoms with Gasteiger partial charge in [-0.3, -0.25) is 4.79 Å². The van der Waals surface area contributed by atoms with Crippen molar-refractivity contribution in [2.24, 2.45) is 5.92 Å². The topological polar surface area (TPSA) is 38.3 Å². The Morgan fingerprint density at radius 3 is 2.73 bits per heavy atom. The highest BCUT2D eigenvalue weighted by Gasteiger charge is 2.19. The second-order valence-corrected chi connectivity index (χ2v) is 5.17. The predicted octanol–water partition coefficient (Wildman–Crippen LogP) is 1.67. The van der Waals surface area contributed by atoms with Gasteiger partial charge in [0.25, 0.3) is 0 Å². The first-order valence-corrected chi connectivity index (χ1v) is 6.82.